The molecule has 8 amide bonds. The highest BCUT2D eigenvalue weighted by molar-refractivity contribution is 6.40. The molecule has 0 radical (unpaired) electrons. The summed E-state index contributed by atoms with van der Waals surface area (Å²) in [6, 6.07) is -0.455. The first kappa shape index (κ1) is 63.2. The van der Waals surface area contributed by atoms with E-state index >= 15 is 0 Å². The van der Waals surface area contributed by atoms with E-state index in [4.69, 9.17) is 40.1 Å². The molecular formula is C47H78N16O11. The number of likely N-dealkylation sites (tertiary alicyclic amines) is 1. The van der Waals surface area contributed by atoms with Crippen molar-refractivity contribution in [3.05, 3.63) is 47.2 Å². The lowest BCUT2D eigenvalue weighted by atomic mass is 10.0. The van der Waals surface area contributed by atoms with Crippen molar-refractivity contribution in [3.63, 3.8) is 0 Å². The summed E-state index contributed by atoms with van der Waals surface area (Å²) in [6.45, 7) is 2.91. The number of hydrogen-bond acceptors (Lipinski definition) is 16. The summed E-state index contributed by atoms with van der Waals surface area (Å²) < 4.78 is 0. The molecule has 0 aliphatic carbocycles. The molecule has 1 heterocycles. The van der Waals surface area contributed by atoms with Gasteiger partial charge in [-0.15, -0.1) is 0 Å². The lowest BCUT2D eigenvalue weighted by molar-refractivity contribution is -0.137. The van der Waals surface area contributed by atoms with Crippen molar-refractivity contribution in [2.45, 2.75) is 133 Å². The summed E-state index contributed by atoms with van der Waals surface area (Å²) in [5.41, 5.74) is 40.0. The lowest BCUT2D eigenvalue weighted by Gasteiger charge is -2.28. The molecule has 1 aromatic carbocycles. The third-order valence-corrected chi connectivity index (χ3v) is 11.7. The van der Waals surface area contributed by atoms with Gasteiger partial charge in [0.05, 0.1) is 18.7 Å². The van der Waals surface area contributed by atoms with Crippen LogP contribution in [0.2, 0.25) is 0 Å². The summed E-state index contributed by atoms with van der Waals surface area (Å²) in [4.78, 5) is 129. The number of nitrogens with two attached hydrogens (primary N) is 7. The lowest BCUT2D eigenvalue weighted by Crippen LogP contribution is -2.60. The Balaban J connectivity index is 2.30. The Hall–Kier alpha value is -6.91. The highest BCUT2D eigenvalue weighted by atomic mass is 16.4. The topological polar surface area (TPSA) is 476 Å². The van der Waals surface area contributed by atoms with E-state index in [0.717, 1.165) is 5.56 Å². The van der Waals surface area contributed by atoms with Crippen molar-refractivity contribution < 1.29 is 53.4 Å². The van der Waals surface area contributed by atoms with E-state index < -0.39 is 114 Å². The van der Waals surface area contributed by atoms with Gasteiger partial charge in [-0.2, -0.15) is 0 Å². The number of rotatable bonds is 33. The fourth-order valence-corrected chi connectivity index (χ4v) is 7.46. The van der Waals surface area contributed by atoms with E-state index in [2.05, 4.69) is 41.9 Å². The first-order chi connectivity index (χ1) is 35.2. The van der Waals surface area contributed by atoms with E-state index in [1.807, 2.05) is 19.1 Å². The number of carbonyl (C=O) groups excluding carboxylic acids is 8. The Labute approximate surface area is 430 Å². The van der Waals surface area contributed by atoms with Crippen LogP contribution in [0, 0.1) is 6.92 Å². The third-order valence-electron chi connectivity index (χ3n) is 11.7. The van der Waals surface area contributed by atoms with Crippen LogP contribution in [-0.4, -0.2) is 168 Å². The number of carboxylic acid groups (broad SMARTS) is 1. The van der Waals surface area contributed by atoms with Gasteiger partial charge in [0.2, 0.25) is 35.4 Å². The van der Waals surface area contributed by atoms with Crippen molar-refractivity contribution in [1.29, 1.82) is 0 Å². The van der Waals surface area contributed by atoms with Crippen LogP contribution in [0.5, 0.6) is 0 Å². The smallest absolute Gasteiger partial charge is 0.352 e. The molecule has 0 aromatic heterocycles. The largest absolute Gasteiger partial charge is 0.477 e. The average molecular weight is 1040 g/mol. The van der Waals surface area contributed by atoms with Crippen LogP contribution >= 0.6 is 0 Å². The Morgan fingerprint density at radius 3 is 2.05 bits per heavy atom. The van der Waals surface area contributed by atoms with Gasteiger partial charge < -0.3 is 87.1 Å². The molecule has 0 bridgehead atoms. The first-order valence-electron chi connectivity index (χ1n) is 24.7. The standard InChI is InChI=1S/C47H78N16O11/c1-27-15-17-29(18-16-27)24-34(42(69)59-31(11-4-6-20-49)41(68)60-33(46(73)74)13-8-22-55-47(53)54)61-43(70)35-14-9-23-63(35)45(72)32(12-7-21-50)58-37(65)26-56-39(66)28(2)57-44(71)38(36(64)25-51)62-40(67)30(52)10-3-5-19-48/h13,15-18,28,30-31,34-36,38,64H,3-12,14,19-26,48-52H2,1-2H3,(H,56,66)(H,57,71)(H,59,69)(H,60,68)(H,61,70)(H,62,67)(H,73,74)(H4,53,54,55)/b33-13-,58-32?/t28-,30-,31-,34-,35-,36-,38-/m0/s1. The number of benzene rings is 1. The van der Waals surface area contributed by atoms with Gasteiger partial charge >= 0.3 is 5.97 Å². The molecule has 27 nitrogen and oxygen atoms in total. The molecular weight excluding hydrogens is 965 g/mol. The minimum Gasteiger partial charge on any atom is -0.477 e. The van der Waals surface area contributed by atoms with Gasteiger partial charge in [0.1, 0.15) is 41.6 Å². The number of carbonyl (C=O) groups is 9. The second kappa shape index (κ2) is 33.7. The fourth-order valence-electron chi connectivity index (χ4n) is 7.46. The van der Waals surface area contributed by atoms with Crippen molar-refractivity contribution in [1.82, 2.24) is 36.8 Å². The van der Waals surface area contributed by atoms with Gasteiger partial charge in [0.15, 0.2) is 5.96 Å². The van der Waals surface area contributed by atoms with Crippen LogP contribution in [0.3, 0.4) is 0 Å². The molecule has 74 heavy (non-hydrogen) atoms. The van der Waals surface area contributed by atoms with Crippen molar-refractivity contribution >= 4 is 64.9 Å². The zero-order valence-electron chi connectivity index (χ0n) is 42.3. The second-order valence-corrected chi connectivity index (χ2v) is 17.7. The van der Waals surface area contributed by atoms with Crippen LogP contribution in [0.15, 0.2) is 46.0 Å². The molecule has 1 aromatic rings. The maximum absolute atomic E-state index is 14.2. The molecule has 2 rings (SSSR count). The summed E-state index contributed by atoms with van der Waals surface area (Å²) >= 11 is 0. The van der Waals surface area contributed by atoms with Gasteiger partial charge in [0.25, 0.3) is 11.8 Å². The molecule has 0 spiro atoms. The summed E-state index contributed by atoms with van der Waals surface area (Å²) in [5, 5.41) is 35.0. The number of nitrogens with one attached hydrogen (secondary N) is 6. The van der Waals surface area contributed by atoms with Crippen molar-refractivity contribution in [2.75, 3.05) is 45.8 Å². The maximum atomic E-state index is 14.2. The predicted octanol–water partition coefficient (Wildman–Crippen LogP) is -5.04. The van der Waals surface area contributed by atoms with Crippen LogP contribution < -0.4 is 72.0 Å². The summed E-state index contributed by atoms with van der Waals surface area (Å²) in [7, 11) is 0. The monoisotopic (exact) mass is 1040 g/mol. The van der Waals surface area contributed by atoms with E-state index in [1.165, 1.54) is 17.9 Å². The van der Waals surface area contributed by atoms with Crippen molar-refractivity contribution in [2.24, 2.45) is 50.1 Å². The molecule has 0 saturated carbocycles. The number of aliphatic carboxylic acids is 1. The van der Waals surface area contributed by atoms with E-state index in [-0.39, 0.29) is 82.8 Å². The quantitative estimate of drug-likeness (QED) is 0.0136. The summed E-state index contributed by atoms with van der Waals surface area (Å²) in [5.74, 6) is -8.26. The fraction of sp³-hybridized carbons (Fsp3) is 0.596. The average Bonchev–Trinajstić information content (AvgIpc) is 3.87. The van der Waals surface area contributed by atoms with Gasteiger partial charge in [-0.1, -0.05) is 42.3 Å². The Kier molecular flexibility index (Phi) is 28.8. The number of guanidine groups is 1. The Morgan fingerprint density at radius 1 is 0.797 bits per heavy atom. The van der Waals surface area contributed by atoms with Gasteiger partial charge in [-0.25, -0.2) is 9.79 Å². The normalized spacial score (nSPS) is 16.1. The van der Waals surface area contributed by atoms with Crippen molar-refractivity contribution in [3.8, 4) is 0 Å². The molecule has 22 N–H and O–H groups in total. The highest BCUT2D eigenvalue weighted by Gasteiger charge is 2.38. The Morgan fingerprint density at radius 2 is 1.45 bits per heavy atom. The number of amides is 8. The van der Waals surface area contributed by atoms with E-state index in [9.17, 15) is 53.4 Å². The molecule has 0 unspecified atom stereocenters. The number of nitrogens with zero attached hydrogens (tertiary/aromatic N) is 3. The molecule has 1 aliphatic heterocycles. The zero-order valence-corrected chi connectivity index (χ0v) is 42.3. The molecule has 412 valence electrons. The molecule has 1 aliphatic rings. The van der Waals surface area contributed by atoms with Crippen LogP contribution in [-0.2, 0) is 49.6 Å². The number of aliphatic hydroxyl groups is 1. The predicted molar refractivity (Wildman–Crippen MR) is 275 cm³/mol. The molecule has 1 saturated heterocycles. The van der Waals surface area contributed by atoms with Crippen LogP contribution in [0.1, 0.15) is 88.7 Å². The first-order valence-corrected chi connectivity index (χ1v) is 24.7. The molecule has 27 heteroatoms. The number of aryl methyl sites for hydroxylation is 1. The highest BCUT2D eigenvalue weighted by Crippen LogP contribution is 2.20. The number of unbranched alkanes of at least 4 members (excludes halogenated alkanes) is 2. The van der Waals surface area contributed by atoms with Crippen LogP contribution in [0.4, 0.5) is 0 Å². The second-order valence-electron chi connectivity index (χ2n) is 17.7. The zero-order chi connectivity index (χ0) is 55.3. The Bertz CT molecular complexity index is 2150. The van der Waals surface area contributed by atoms with Crippen LogP contribution in [0.25, 0.3) is 0 Å². The maximum Gasteiger partial charge on any atom is 0.352 e. The number of carboxylic acids is 1. The van der Waals surface area contributed by atoms with Gasteiger partial charge in [-0.3, -0.25) is 43.3 Å². The van der Waals surface area contributed by atoms with Gasteiger partial charge in [-0.05, 0) is 103 Å². The molecule has 1 fully saturated rings. The third kappa shape index (κ3) is 22.5. The minimum atomic E-state index is -1.57. The van der Waals surface area contributed by atoms with Gasteiger partial charge in [0, 0.05) is 26.1 Å². The minimum absolute atomic E-state index is 0.0448. The summed E-state index contributed by atoms with van der Waals surface area (Å²) in [6.07, 6.45) is 2.69. The number of aliphatic hydroxyl groups excluding tert-OH is 1. The number of aliphatic imine (C=N–C) groups is 2. The van der Waals surface area contributed by atoms with E-state index in [1.54, 1.807) is 12.1 Å². The molecule has 7 atom stereocenters. The number of hydrogen-bond donors (Lipinski definition) is 15. The SMILES string of the molecule is Cc1ccc(C[C@H](NC(=O)[C@@H]2CCCN2C(=O)C(CCCN)=NC(=O)CNC(=O)[C@H](C)NC(=O)[C@@H](NC(=O)[C@@H](N)CCCCN)[C@@H](O)CN)C(=O)N[C@@H](CCCCN)C(=O)N/C(=C\CCN=C(N)N)C(=O)O)cc1. The van der Waals surface area contributed by atoms with E-state index in [0.29, 0.717) is 44.2 Å².